The molecule has 1 aliphatic rings. The number of pyridine rings is 1. The van der Waals surface area contributed by atoms with E-state index < -0.39 is 6.04 Å². The Morgan fingerprint density at radius 2 is 1.76 bits per heavy atom. The van der Waals surface area contributed by atoms with Gasteiger partial charge >= 0.3 is 0 Å². The molecule has 0 aliphatic carbocycles. The number of methoxy groups -OCH3 is 3. The number of rotatable bonds is 9. The van der Waals surface area contributed by atoms with Gasteiger partial charge in [-0.2, -0.15) is 5.26 Å². The van der Waals surface area contributed by atoms with Crippen LogP contribution in [0.1, 0.15) is 35.3 Å². The summed E-state index contributed by atoms with van der Waals surface area (Å²) in [5, 5.41) is 20.3. The van der Waals surface area contributed by atoms with E-state index in [1.165, 1.54) is 33.1 Å². The molecule has 41 heavy (non-hydrogen) atoms. The number of para-hydroxylation sites is 1. The number of nitrogens with one attached hydrogen (secondary N) is 3. The van der Waals surface area contributed by atoms with Crippen LogP contribution in [0, 0.1) is 18.3 Å². The molecule has 1 aliphatic heterocycles. The van der Waals surface area contributed by atoms with Crippen LogP contribution in [-0.2, 0) is 11.3 Å². The van der Waals surface area contributed by atoms with Crippen LogP contribution in [0.15, 0.2) is 69.8 Å². The molecule has 1 aromatic heterocycles. The van der Waals surface area contributed by atoms with Gasteiger partial charge in [0.05, 0.1) is 32.5 Å². The van der Waals surface area contributed by atoms with Crippen molar-refractivity contribution in [3.05, 3.63) is 82.2 Å². The monoisotopic (exact) mass is 572 g/mol. The van der Waals surface area contributed by atoms with Gasteiger partial charge in [-0.1, -0.05) is 18.2 Å². The minimum absolute atomic E-state index is 0.310. The highest BCUT2D eigenvalue weighted by Crippen LogP contribution is 2.43. The van der Waals surface area contributed by atoms with Gasteiger partial charge in [-0.05, 0) is 74.1 Å². The Morgan fingerprint density at radius 1 is 1.07 bits per heavy atom. The van der Waals surface area contributed by atoms with Crippen LogP contribution in [0.2, 0.25) is 0 Å². The summed E-state index contributed by atoms with van der Waals surface area (Å²) >= 11 is 1.24. The molecule has 0 spiro atoms. The maximum atomic E-state index is 13.7. The van der Waals surface area contributed by atoms with E-state index in [1.54, 1.807) is 12.1 Å². The van der Waals surface area contributed by atoms with Gasteiger partial charge in [0.25, 0.3) is 5.91 Å². The number of anilines is 1. The lowest BCUT2D eigenvalue weighted by molar-refractivity contribution is -0.113. The van der Waals surface area contributed by atoms with Crippen molar-refractivity contribution < 1.29 is 19.0 Å². The topological polar surface area (TPSA) is 130 Å². The van der Waals surface area contributed by atoms with E-state index in [2.05, 4.69) is 27.0 Å². The molecule has 11 heteroatoms. The number of ether oxygens (including phenoxy) is 3. The van der Waals surface area contributed by atoms with Gasteiger partial charge in [0, 0.05) is 23.6 Å². The minimum atomic E-state index is -0.733. The smallest absolute Gasteiger partial charge is 0.255 e. The number of allylic oxidation sites excluding steroid dienone is 1. The number of amides is 1. The number of hydrogen-bond acceptors (Lipinski definition) is 10. The van der Waals surface area contributed by atoms with Gasteiger partial charge in [-0.15, -0.1) is 0 Å². The van der Waals surface area contributed by atoms with Crippen LogP contribution in [0.5, 0.6) is 17.2 Å². The van der Waals surface area contributed by atoms with E-state index in [4.69, 9.17) is 19.2 Å². The molecule has 2 heterocycles. The first-order valence-corrected chi connectivity index (χ1v) is 13.6. The summed E-state index contributed by atoms with van der Waals surface area (Å²) in [6.45, 7) is 4.23. The summed E-state index contributed by atoms with van der Waals surface area (Å²) in [6, 6.07) is 16.2. The van der Waals surface area contributed by atoms with Crippen LogP contribution in [-0.4, -0.2) is 44.4 Å². The number of hydrogen-bond donors (Lipinski definition) is 3. The molecule has 10 nitrogen and oxygen atoms in total. The van der Waals surface area contributed by atoms with Crippen molar-refractivity contribution in [2.24, 2.45) is 4.99 Å². The molecule has 0 bridgehead atoms. The Kier molecular flexibility index (Phi) is 9.49. The summed E-state index contributed by atoms with van der Waals surface area (Å²) in [6.07, 6.45) is 0. The van der Waals surface area contributed by atoms with Crippen molar-refractivity contribution in [1.82, 2.24) is 15.6 Å². The predicted octanol–water partition coefficient (Wildman–Crippen LogP) is 4.71. The van der Waals surface area contributed by atoms with Gasteiger partial charge in [0.2, 0.25) is 5.75 Å². The van der Waals surface area contributed by atoms with Crippen molar-refractivity contribution in [2.45, 2.75) is 31.5 Å². The molecule has 1 amide bonds. The summed E-state index contributed by atoms with van der Waals surface area (Å²) in [7, 11) is 6.43. The first-order valence-electron chi connectivity index (χ1n) is 12.8. The zero-order valence-electron chi connectivity index (χ0n) is 23.8. The quantitative estimate of drug-likeness (QED) is 0.334. The second-order valence-electron chi connectivity index (χ2n) is 9.13. The summed E-state index contributed by atoms with van der Waals surface area (Å²) < 4.78 is 16.7. The Morgan fingerprint density at radius 3 is 2.34 bits per heavy atom. The Bertz CT molecular complexity index is 1520. The van der Waals surface area contributed by atoms with Crippen molar-refractivity contribution in [2.75, 3.05) is 33.7 Å². The molecule has 3 aromatic rings. The maximum absolute atomic E-state index is 13.7. The lowest BCUT2D eigenvalue weighted by Gasteiger charge is -2.27. The molecule has 2 aromatic carbocycles. The highest BCUT2D eigenvalue weighted by Gasteiger charge is 2.32. The zero-order chi connectivity index (χ0) is 29.5. The minimum Gasteiger partial charge on any atom is -0.493 e. The predicted molar refractivity (Wildman–Crippen MR) is 159 cm³/mol. The lowest BCUT2D eigenvalue weighted by Crippen LogP contribution is -2.32. The largest absolute Gasteiger partial charge is 0.493 e. The number of benzene rings is 2. The van der Waals surface area contributed by atoms with Gasteiger partial charge < -0.3 is 30.2 Å². The molecular weight excluding hydrogens is 540 g/mol. The Hall–Kier alpha value is -4.53. The maximum Gasteiger partial charge on any atom is 0.255 e. The number of carbonyl (C=O) groups excluding carboxylic acids is 1. The fourth-order valence-corrected chi connectivity index (χ4v) is 5.55. The molecule has 212 valence electrons. The van der Waals surface area contributed by atoms with Gasteiger partial charge in [0.1, 0.15) is 17.1 Å². The molecule has 0 saturated carbocycles. The van der Waals surface area contributed by atoms with Crippen molar-refractivity contribution in [1.29, 1.82) is 5.26 Å². The number of carbonyl (C=O) groups is 1. The standard InChI is InChI=1S/C30H32N6O4S/c1-17-12-20(16-32-3)22(15-31)29(33-17)41-30-34-18(2)25(28(37)35-21-10-8-7-9-11-21)26(36-30)19-13-23(38-4)27(40-6)24(14-19)39-5/h7-14,26,32H,16H2,1-6H3,(H,34,36)(H,35,37)/t26-/m1/s1. The third-order valence-electron chi connectivity index (χ3n) is 6.37. The van der Waals surface area contributed by atoms with Crippen LogP contribution in [0.3, 0.4) is 0 Å². The lowest BCUT2D eigenvalue weighted by atomic mass is 9.95. The number of aryl methyl sites for hydroxylation is 1. The van der Waals surface area contributed by atoms with Crippen LogP contribution in [0.4, 0.5) is 5.69 Å². The van der Waals surface area contributed by atoms with Gasteiger partial charge in [0.15, 0.2) is 16.7 Å². The summed E-state index contributed by atoms with van der Waals surface area (Å²) in [5.74, 6) is 1.00. The van der Waals surface area contributed by atoms with E-state index in [0.717, 1.165) is 11.3 Å². The number of aliphatic imine (C=N–C) groups is 1. The fraction of sp³-hybridized carbons (Fsp3) is 0.267. The highest BCUT2D eigenvalue weighted by molar-refractivity contribution is 8.13. The summed E-state index contributed by atoms with van der Waals surface area (Å²) in [5.41, 5.74) is 4.44. The third-order valence-corrected chi connectivity index (χ3v) is 7.26. The van der Waals surface area contributed by atoms with Crippen molar-refractivity contribution in [3.63, 3.8) is 0 Å². The third kappa shape index (κ3) is 6.45. The number of amidine groups is 1. The molecule has 0 unspecified atom stereocenters. The number of nitrogens with zero attached hydrogens (tertiary/aromatic N) is 3. The zero-order valence-corrected chi connectivity index (χ0v) is 24.6. The first-order chi connectivity index (χ1) is 19.8. The van der Waals surface area contributed by atoms with E-state index in [9.17, 15) is 10.1 Å². The van der Waals surface area contributed by atoms with E-state index in [-0.39, 0.29) is 5.91 Å². The van der Waals surface area contributed by atoms with Gasteiger partial charge in [-0.3, -0.25) is 4.79 Å². The van der Waals surface area contributed by atoms with Crippen LogP contribution in [0.25, 0.3) is 0 Å². The average Bonchev–Trinajstić information content (AvgIpc) is 2.96. The Balaban J connectivity index is 1.82. The number of aromatic nitrogens is 1. The average molecular weight is 573 g/mol. The number of thioether (sulfide) groups is 1. The SMILES string of the molecule is CNCc1cc(C)nc(SC2=N[C@H](c3cc(OC)c(OC)c(OC)c3)C(C(=O)Nc3ccccc3)=C(C)N2)c1C#N. The van der Waals surface area contributed by atoms with Gasteiger partial charge in [-0.25, -0.2) is 9.98 Å². The molecule has 4 rings (SSSR count). The first kappa shape index (κ1) is 29.5. The Labute approximate surface area is 243 Å². The molecule has 0 radical (unpaired) electrons. The molecule has 0 saturated heterocycles. The normalized spacial score (nSPS) is 14.5. The second kappa shape index (κ2) is 13.2. The second-order valence-corrected chi connectivity index (χ2v) is 10.1. The fourth-order valence-electron chi connectivity index (χ4n) is 4.54. The van der Waals surface area contributed by atoms with Crippen molar-refractivity contribution in [3.8, 4) is 23.3 Å². The molecular formula is C30H32N6O4S. The van der Waals surface area contributed by atoms with Crippen LogP contribution >= 0.6 is 11.8 Å². The number of nitriles is 1. The summed E-state index contributed by atoms with van der Waals surface area (Å²) in [4.78, 5) is 23.3. The molecule has 3 N–H and O–H groups in total. The van der Waals surface area contributed by atoms with E-state index in [1.807, 2.05) is 57.3 Å². The molecule has 0 fully saturated rings. The molecule has 1 atom stereocenters. The van der Waals surface area contributed by atoms with E-state index >= 15 is 0 Å². The van der Waals surface area contributed by atoms with E-state index in [0.29, 0.717) is 62.1 Å². The van der Waals surface area contributed by atoms with Crippen LogP contribution < -0.4 is 30.2 Å². The highest BCUT2D eigenvalue weighted by atomic mass is 32.2. The van der Waals surface area contributed by atoms with Crippen molar-refractivity contribution >= 4 is 28.5 Å².